The van der Waals surface area contributed by atoms with Crippen LogP contribution in [0.25, 0.3) is 20.4 Å². The zero-order valence-electron chi connectivity index (χ0n) is 14.9. The summed E-state index contributed by atoms with van der Waals surface area (Å²) in [5.74, 6) is 0.683. The molecular formula is C19H18N4O2S2. The molecule has 6 nitrogen and oxygen atoms in total. The van der Waals surface area contributed by atoms with E-state index in [0.717, 1.165) is 31.3 Å². The highest BCUT2D eigenvalue weighted by Gasteiger charge is 2.14. The average molecular weight is 399 g/mol. The second kappa shape index (κ2) is 7.50. The van der Waals surface area contributed by atoms with Crippen LogP contribution < -0.4 is 15.0 Å². The minimum absolute atomic E-state index is 0.124. The van der Waals surface area contributed by atoms with Gasteiger partial charge in [-0.2, -0.15) is 0 Å². The monoisotopic (exact) mass is 398 g/mol. The number of fused-ring (bicyclic) bond motifs is 2. The molecule has 2 aromatic carbocycles. The molecular weight excluding hydrogens is 380 g/mol. The van der Waals surface area contributed by atoms with Gasteiger partial charge in [0.25, 0.3) is 0 Å². The first-order valence-electron chi connectivity index (χ1n) is 8.52. The molecule has 4 aromatic rings. The number of ether oxygens (including phenoxy) is 1. The highest BCUT2D eigenvalue weighted by molar-refractivity contribution is 7.22. The number of aromatic nitrogens is 2. The summed E-state index contributed by atoms with van der Waals surface area (Å²) in [6, 6.07) is 13.7. The molecule has 138 valence electrons. The standard InChI is InChI=1S/C19H18N4O2S2/c1-3-25-12-8-9-14-16(10-12)26-18(20-14)22-17(24)11-23(2)19-21-13-6-4-5-7-15(13)27-19/h4-10H,3,11H2,1-2H3,(H,20,22,24). The summed E-state index contributed by atoms with van der Waals surface area (Å²) in [5.41, 5.74) is 1.79. The average Bonchev–Trinajstić information content (AvgIpc) is 3.24. The smallest absolute Gasteiger partial charge is 0.245 e. The first-order valence-corrected chi connectivity index (χ1v) is 10.2. The lowest BCUT2D eigenvalue weighted by atomic mass is 10.3. The van der Waals surface area contributed by atoms with Gasteiger partial charge in [-0.25, -0.2) is 9.97 Å². The third-order valence-corrected chi connectivity index (χ3v) is 5.99. The Kier molecular flexibility index (Phi) is 4.91. The quantitative estimate of drug-likeness (QED) is 0.522. The second-order valence-electron chi connectivity index (χ2n) is 5.95. The molecule has 27 heavy (non-hydrogen) atoms. The normalized spacial score (nSPS) is 11.0. The van der Waals surface area contributed by atoms with Crippen molar-refractivity contribution in [2.75, 3.05) is 30.4 Å². The Bertz CT molecular complexity index is 1070. The summed E-state index contributed by atoms with van der Waals surface area (Å²) in [6.45, 7) is 2.77. The van der Waals surface area contributed by atoms with E-state index in [1.807, 2.05) is 61.3 Å². The van der Waals surface area contributed by atoms with Crippen LogP contribution >= 0.6 is 22.7 Å². The maximum atomic E-state index is 12.4. The number of hydrogen-bond acceptors (Lipinski definition) is 7. The van der Waals surface area contributed by atoms with Gasteiger partial charge in [-0.15, -0.1) is 0 Å². The van der Waals surface area contributed by atoms with E-state index in [9.17, 15) is 4.79 Å². The highest BCUT2D eigenvalue weighted by Crippen LogP contribution is 2.30. The van der Waals surface area contributed by atoms with E-state index in [-0.39, 0.29) is 12.5 Å². The van der Waals surface area contributed by atoms with Crippen molar-refractivity contribution in [3.05, 3.63) is 42.5 Å². The molecule has 0 atom stereocenters. The van der Waals surface area contributed by atoms with Gasteiger partial charge in [-0.05, 0) is 37.3 Å². The summed E-state index contributed by atoms with van der Waals surface area (Å²) in [7, 11) is 1.87. The molecule has 0 unspecified atom stereocenters. The lowest BCUT2D eigenvalue weighted by molar-refractivity contribution is -0.114. The zero-order chi connectivity index (χ0) is 18.8. The van der Waals surface area contributed by atoms with Gasteiger partial charge in [0.2, 0.25) is 5.91 Å². The molecule has 0 saturated carbocycles. The van der Waals surface area contributed by atoms with Crippen LogP contribution in [0.2, 0.25) is 0 Å². The Balaban J connectivity index is 1.44. The van der Waals surface area contributed by atoms with Gasteiger partial charge in [-0.1, -0.05) is 34.8 Å². The van der Waals surface area contributed by atoms with Crippen molar-refractivity contribution < 1.29 is 9.53 Å². The Morgan fingerprint density at radius 2 is 1.93 bits per heavy atom. The maximum absolute atomic E-state index is 12.4. The lowest BCUT2D eigenvalue weighted by Gasteiger charge is -2.14. The molecule has 0 aliphatic carbocycles. The van der Waals surface area contributed by atoms with E-state index in [0.29, 0.717) is 11.7 Å². The van der Waals surface area contributed by atoms with Crippen molar-refractivity contribution in [1.82, 2.24) is 9.97 Å². The summed E-state index contributed by atoms with van der Waals surface area (Å²) in [6.07, 6.45) is 0. The van der Waals surface area contributed by atoms with Gasteiger partial charge in [0.1, 0.15) is 5.75 Å². The molecule has 0 aliphatic rings. The Morgan fingerprint density at radius 3 is 2.74 bits per heavy atom. The molecule has 0 spiro atoms. The second-order valence-corrected chi connectivity index (χ2v) is 7.99. The van der Waals surface area contributed by atoms with Crippen LogP contribution in [0.1, 0.15) is 6.92 Å². The Labute approximate surface area is 164 Å². The van der Waals surface area contributed by atoms with E-state index in [1.165, 1.54) is 11.3 Å². The van der Waals surface area contributed by atoms with Crippen LogP contribution in [-0.2, 0) is 4.79 Å². The lowest BCUT2D eigenvalue weighted by Crippen LogP contribution is -2.29. The number of nitrogens with one attached hydrogen (secondary N) is 1. The van der Waals surface area contributed by atoms with Crippen LogP contribution in [-0.4, -0.2) is 36.1 Å². The summed E-state index contributed by atoms with van der Waals surface area (Å²) < 4.78 is 7.60. The number of thiazole rings is 2. The largest absolute Gasteiger partial charge is 0.494 e. The van der Waals surface area contributed by atoms with Gasteiger partial charge in [0, 0.05) is 7.05 Å². The number of likely N-dealkylation sites (N-methyl/N-ethyl adjacent to an activating group) is 1. The molecule has 0 saturated heterocycles. The van der Waals surface area contributed by atoms with Crippen molar-refractivity contribution in [1.29, 1.82) is 0 Å². The highest BCUT2D eigenvalue weighted by atomic mass is 32.1. The number of para-hydroxylation sites is 1. The summed E-state index contributed by atoms with van der Waals surface area (Å²) in [4.78, 5) is 23.3. The van der Waals surface area contributed by atoms with Gasteiger partial charge in [0.05, 0.1) is 33.6 Å². The van der Waals surface area contributed by atoms with Gasteiger partial charge in [-0.3, -0.25) is 4.79 Å². The van der Waals surface area contributed by atoms with Gasteiger partial charge in [0.15, 0.2) is 10.3 Å². The van der Waals surface area contributed by atoms with Gasteiger partial charge < -0.3 is 15.0 Å². The van der Waals surface area contributed by atoms with Crippen molar-refractivity contribution in [3.8, 4) is 5.75 Å². The van der Waals surface area contributed by atoms with Crippen molar-refractivity contribution in [2.24, 2.45) is 0 Å². The van der Waals surface area contributed by atoms with E-state index >= 15 is 0 Å². The van der Waals surface area contributed by atoms with Crippen LogP contribution in [0.15, 0.2) is 42.5 Å². The minimum atomic E-state index is -0.124. The number of carbonyl (C=O) groups excluding carboxylic acids is 1. The van der Waals surface area contributed by atoms with E-state index in [2.05, 4.69) is 15.3 Å². The predicted octanol–water partition coefficient (Wildman–Crippen LogP) is 4.38. The van der Waals surface area contributed by atoms with Crippen molar-refractivity contribution in [2.45, 2.75) is 6.92 Å². The number of rotatable bonds is 6. The number of carbonyl (C=O) groups is 1. The molecule has 0 bridgehead atoms. The van der Waals surface area contributed by atoms with Crippen LogP contribution in [0.4, 0.5) is 10.3 Å². The molecule has 0 fully saturated rings. The van der Waals surface area contributed by atoms with Crippen molar-refractivity contribution in [3.63, 3.8) is 0 Å². The zero-order valence-corrected chi connectivity index (χ0v) is 16.6. The molecule has 1 amide bonds. The molecule has 8 heteroatoms. The number of anilines is 2. The van der Waals surface area contributed by atoms with E-state index in [4.69, 9.17) is 4.74 Å². The third-order valence-electron chi connectivity index (χ3n) is 3.91. The number of hydrogen-bond donors (Lipinski definition) is 1. The Morgan fingerprint density at radius 1 is 1.11 bits per heavy atom. The van der Waals surface area contributed by atoms with Gasteiger partial charge >= 0.3 is 0 Å². The van der Waals surface area contributed by atoms with E-state index in [1.54, 1.807) is 11.3 Å². The maximum Gasteiger partial charge on any atom is 0.245 e. The first kappa shape index (κ1) is 17.7. The molecule has 0 aliphatic heterocycles. The van der Waals surface area contributed by atoms with Crippen LogP contribution in [0.5, 0.6) is 5.75 Å². The number of amides is 1. The SMILES string of the molecule is CCOc1ccc2nc(NC(=O)CN(C)c3nc4ccccc4s3)sc2c1. The van der Waals surface area contributed by atoms with Crippen molar-refractivity contribution >= 4 is 59.3 Å². The fourth-order valence-corrected chi connectivity index (χ4v) is 4.52. The number of nitrogens with zero attached hydrogens (tertiary/aromatic N) is 3. The fraction of sp³-hybridized carbons (Fsp3) is 0.211. The molecule has 4 rings (SSSR count). The summed E-state index contributed by atoms with van der Waals surface area (Å²) in [5, 5.41) is 4.28. The minimum Gasteiger partial charge on any atom is -0.494 e. The first-order chi connectivity index (χ1) is 13.1. The number of benzene rings is 2. The topological polar surface area (TPSA) is 67.3 Å². The Hall–Kier alpha value is -2.71. The van der Waals surface area contributed by atoms with Crippen LogP contribution in [0.3, 0.4) is 0 Å². The fourth-order valence-electron chi connectivity index (χ4n) is 2.68. The van der Waals surface area contributed by atoms with Crippen LogP contribution in [0, 0.1) is 0 Å². The third kappa shape index (κ3) is 3.86. The molecule has 0 radical (unpaired) electrons. The molecule has 2 aromatic heterocycles. The predicted molar refractivity (Wildman–Crippen MR) is 112 cm³/mol. The molecule has 2 heterocycles. The summed E-state index contributed by atoms with van der Waals surface area (Å²) >= 11 is 3.01. The van der Waals surface area contributed by atoms with E-state index < -0.39 is 0 Å². The molecule has 1 N–H and O–H groups in total.